The Balaban J connectivity index is 2.30. The average Bonchev–Trinajstić information content (AvgIpc) is 2.61. The summed E-state index contributed by atoms with van der Waals surface area (Å²) in [5, 5.41) is 0. The molecule has 0 bridgehead atoms. The molecule has 0 heterocycles. The quantitative estimate of drug-likeness (QED) is 0.368. The van der Waals surface area contributed by atoms with Crippen molar-refractivity contribution in [3.63, 3.8) is 0 Å². The molecule has 0 radical (unpaired) electrons. The summed E-state index contributed by atoms with van der Waals surface area (Å²) in [6.07, 6.45) is 7.89. The van der Waals surface area contributed by atoms with E-state index >= 15 is 0 Å². The summed E-state index contributed by atoms with van der Waals surface area (Å²) >= 11 is 4.01. The molecular weight excluding hydrogens is 236 g/mol. The summed E-state index contributed by atoms with van der Waals surface area (Å²) in [6.45, 7) is 6.87. The lowest BCUT2D eigenvalue weighted by molar-refractivity contribution is 0.321. The van der Waals surface area contributed by atoms with E-state index < -0.39 is 0 Å². The van der Waals surface area contributed by atoms with Gasteiger partial charge in [0.15, 0.2) is 4.32 Å². The molecular formula is C13H20Br+. The van der Waals surface area contributed by atoms with Crippen LogP contribution in [-0.4, -0.2) is 4.32 Å². The van der Waals surface area contributed by atoms with Gasteiger partial charge in [0.05, 0.1) is 13.8 Å². The van der Waals surface area contributed by atoms with Crippen LogP contribution in [0.25, 0.3) is 0 Å². The topological polar surface area (TPSA) is 0 Å². The second-order valence-electron chi connectivity index (χ2n) is 5.16. The van der Waals surface area contributed by atoms with Gasteiger partial charge in [-0.15, -0.1) is 0 Å². The molecule has 0 aromatic heterocycles. The van der Waals surface area contributed by atoms with E-state index in [2.05, 4.69) is 42.8 Å². The van der Waals surface area contributed by atoms with Crippen molar-refractivity contribution >= 4 is 15.9 Å². The molecule has 0 saturated heterocycles. The minimum Gasteiger partial charge on any atom is -0.0796 e. The van der Waals surface area contributed by atoms with Crippen LogP contribution in [0.4, 0.5) is 0 Å². The molecule has 3 unspecified atom stereocenters. The fourth-order valence-corrected chi connectivity index (χ4v) is 3.95. The van der Waals surface area contributed by atoms with Gasteiger partial charge in [-0.25, -0.2) is 0 Å². The molecule has 0 spiro atoms. The van der Waals surface area contributed by atoms with E-state index in [0.29, 0.717) is 4.32 Å². The number of alkyl halides is 1. The maximum Gasteiger partial charge on any atom is 0.170 e. The zero-order valence-corrected chi connectivity index (χ0v) is 11.0. The lowest BCUT2D eigenvalue weighted by Gasteiger charge is -2.37. The summed E-state index contributed by atoms with van der Waals surface area (Å²) in [6, 6.07) is 0. The summed E-state index contributed by atoms with van der Waals surface area (Å²) in [7, 11) is 0. The molecule has 2 aliphatic rings. The normalized spacial score (nSPS) is 41.9. The van der Waals surface area contributed by atoms with Gasteiger partial charge in [-0.3, -0.25) is 0 Å². The monoisotopic (exact) mass is 255 g/mol. The SMILES string of the molecule is CC1=CCC(Br)([C+](C)C)C2CCCC12. The van der Waals surface area contributed by atoms with Crippen molar-refractivity contribution in [3.05, 3.63) is 17.6 Å². The molecule has 3 atom stereocenters. The van der Waals surface area contributed by atoms with Gasteiger partial charge in [0, 0.05) is 12.3 Å². The molecule has 1 heteroatoms. The van der Waals surface area contributed by atoms with Crippen LogP contribution >= 0.6 is 15.9 Å². The van der Waals surface area contributed by atoms with Gasteiger partial charge < -0.3 is 0 Å². The van der Waals surface area contributed by atoms with Crippen LogP contribution in [0.3, 0.4) is 0 Å². The lowest BCUT2D eigenvalue weighted by Crippen LogP contribution is -2.40. The highest BCUT2D eigenvalue weighted by molar-refractivity contribution is 9.10. The van der Waals surface area contributed by atoms with Gasteiger partial charge in [-0.1, -0.05) is 18.1 Å². The van der Waals surface area contributed by atoms with E-state index in [1.165, 1.54) is 25.7 Å². The Labute approximate surface area is 96.3 Å². The van der Waals surface area contributed by atoms with Crippen LogP contribution in [0.2, 0.25) is 0 Å². The minimum absolute atomic E-state index is 0.313. The number of rotatable bonds is 1. The second-order valence-corrected chi connectivity index (χ2v) is 6.57. The Morgan fingerprint density at radius 3 is 2.79 bits per heavy atom. The van der Waals surface area contributed by atoms with Crippen LogP contribution in [0.1, 0.15) is 46.5 Å². The molecule has 14 heavy (non-hydrogen) atoms. The number of allylic oxidation sites excluding steroid dienone is 2. The van der Waals surface area contributed by atoms with Crippen molar-refractivity contribution in [1.82, 2.24) is 0 Å². The van der Waals surface area contributed by atoms with Crippen molar-refractivity contribution in [1.29, 1.82) is 0 Å². The molecule has 2 aliphatic carbocycles. The van der Waals surface area contributed by atoms with Crippen molar-refractivity contribution in [2.24, 2.45) is 11.8 Å². The van der Waals surface area contributed by atoms with Crippen molar-refractivity contribution in [2.45, 2.75) is 50.8 Å². The highest BCUT2D eigenvalue weighted by atomic mass is 79.9. The number of hydrogen-bond donors (Lipinski definition) is 0. The van der Waals surface area contributed by atoms with Crippen LogP contribution in [-0.2, 0) is 0 Å². The highest BCUT2D eigenvalue weighted by Gasteiger charge is 2.53. The first-order valence-corrected chi connectivity index (χ1v) is 6.51. The minimum atomic E-state index is 0.313. The Morgan fingerprint density at radius 2 is 2.14 bits per heavy atom. The summed E-state index contributed by atoms with van der Waals surface area (Å²) in [5.74, 6) is 3.27. The largest absolute Gasteiger partial charge is 0.170 e. The predicted molar refractivity (Wildman–Crippen MR) is 65.5 cm³/mol. The van der Waals surface area contributed by atoms with Gasteiger partial charge in [0.1, 0.15) is 5.92 Å². The summed E-state index contributed by atoms with van der Waals surface area (Å²) < 4.78 is 0.313. The standard InChI is InChI=1S/C13H20Br/c1-9(2)13(14)8-7-10(3)11-5-4-6-12(11)13/h7,11-12H,4-6,8H2,1-3H3/q+1. The first-order chi connectivity index (χ1) is 6.55. The number of fused-ring (bicyclic) bond motifs is 1. The third-order valence-electron chi connectivity index (χ3n) is 4.24. The molecule has 1 fully saturated rings. The lowest BCUT2D eigenvalue weighted by atomic mass is 9.69. The second kappa shape index (κ2) is 3.59. The van der Waals surface area contributed by atoms with E-state index in [9.17, 15) is 0 Å². The summed E-state index contributed by atoms with van der Waals surface area (Å²) in [5.41, 5.74) is 1.64. The van der Waals surface area contributed by atoms with Gasteiger partial charge >= 0.3 is 0 Å². The molecule has 0 amide bonds. The Bertz CT molecular complexity index is 254. The molecule has 0 aromatic rings. The van der Waals surface area contributed by atoms with E-state index in [1.807, 2.05) is 0 Å². The van der Waals surface area contributed by atoms with E-state index in [4.69, 9.17) is 0 Å². The van der Waals surface area contributed by atoms with E-state index in [1.54, 1.807) is 11.5 Å². The van der Waals surface area contributed by atoms with Crippen molar-refractivity contribution < 1.29 is 0 Å². The van der Waals surface area contributed by atoms with Gasteiger partial charge in [0.25, 0.3) is 0 Å². The van der Waals surface area contributed by atoms with Crippen molar-refractivity contribution in [2.75, 3.05) is 0 Å². The zero-order chi connectivity index (χ0) is 10.3. The summed E-state index contributed by atoms with van der Waals surface area (Å²) in [4.78, 5) is 0. The molecule has 0 aliphatic heterocycles. The van der Waals surface area contributed by atoms with Gasteiger partial charge in [-0.2, -0.15) is 0 Å². The first kappa shape index (κ1) is 10.6. The molecule has 0 aromatic carbocycles. The number of halogens is 1. The Kier molecular flexibility index (Phi) is 2.72. The molecule has 78 valence electrons. The molecule has 1 saturated carbocycles. The molecule has 2 rings (SSSR count). The Morgan fingerprint density at radius 1 is 1.43 bits per heavy atom. The fourth-order valence-electron chi connectivity index (χ4n) is 3.24. The van der Waals surface area contributed by atoms with E-state index in [-0.39, 0.29) is 0 Å². The first-order valence-electron chi connectivity index (χ1n) is 5.72. The maximum atomic E-state index is 4.01. The van der Waals surface area contributed by atoms with Crippen LogP contribution in [0.5, 0.6) is 0 Å². The Hall–Kier alpha value is 0.0900. The smallest absolute Gasteiger partial charge is 0.0796 e. The molecule has 0 N–H and O–H groups in total. The number of hydrogen-bond acceptors (Lipinski definition) is 0. The third-order valence-corrected chi connectivity index (χ3v) is 5.95. The maximum absolute atomic E-state index is 4.01. The fraction of sp³-hybridized carbons (Fsp3) is 0.769. The van der Waals surface area contributed by atoms with Crippen LogP contribution < -0.4 is 0 Å². The highest BCUT2D eigenvalue weighted by Crippen LogP contribution is 2.54. The molecule has 0 nitrogen and oxygen atoms in total. The van der Waals surface area contributed by atoms with Crippen LogP contribution in [0, 0.1) is 17.8 Å². The predicted octanol–water partition coefficient (Wildman–Crippen LogP) is 4.50. The third kappa shape index (κ3) is 1.44. The van der Waals surface area contributed by atoms with Crippen molar-refractivity contribution in [3.8, 4) is 0 Å². The average molecular weight is 256 g/mol. The van der Waals surface area contributed by atoms with Gasteiger partial charge in [0.2, 0.25) is 0 Å². The van der Waals surface area contributed by atoms with Crippen LogP contribution in [0.15, 0.2) is 11.6 Å². The zero-order valence-electron chi connectivity index (χ0n) is 9.44. The van der Waals surface area contributed by atoms with E-state index in [0.717, 1.165) is 11.8 Å². The van der Waals surface area contributed by atoms with Gasteiger partial charge in [-0.05, 0) is 41.6 Å².